The van der Waals surface area contributed by atoms with Gasteiger partial charge in [0.05, 0.1) is 24.9 Å². The molecule has 8 heteroatoms. The van der Waals surface area contributed by atoms with Gasteiger partial charge in [0.15, 0.2) is 5.82 Å². The highest BCUT2D eigenvalue weighted by atomic mass is 19.1. The zero-order chi connectivity index (χ0) is 18.5. The van der Waals surface area contributed by atoms with Crippen molar-refractivity contribution < 1.29 is 9.18 Å². The molecule has 3 heterocycles. The summed E-state index contributed by atoms with van der Waals surface area (Å²) < 4.78 is 14.5. The number of rotatable bonds is 6. The van der Waals surface area contributed by atoms with E-state index < -0.39 is 0 Å². The van der Waals surface area contributed by atoms with Crippen molar-refractivity contribution in [2.45, 2.75) is 13.0 Å². The summed E-state index contributed by atoms with van der Waals surface area (Å²) in [7, 11) is 3.82. The van der Waals surface area contributed by atoms with E-state index in [4.69, 9.17) is 0 Å². The number of carbonyl (C=O) groups is 1. The molecule has 0 unspecified atom stereocenters. The normalized spacial score (nSPS) is 10.6. The number of hydrogen-bond acceptors (Lipinski definition) is 5. The van der Waals surface area contributed by atoms with Crippen LogP contribution in [-0.2, 0) is 17.8 Å². The molecule has 0 spiro atoms. The standard InChI is InChI=1S/C18H19FN6O/c1-24(2)17-6-3-13(10-21-17)9-18(26)22-16-7-8-25(23-16)12-15-5-4-14(19)11-20-15/h3-8,10-11H,9,12H2,1-2H3,(H,22,23,26). The quantitative estimate of drug-likeness (QED) is 0.734. The van der Waals surface area contributed by atoms with Gasteiger partial charge in [-0.3, -0.25) is 14.5 Å². The lowest BCUT2D eigenvalue weighted by molar-refractivity contribution is -0.115. The average Bonchev–Trinajstić information content (AvgIpc) is 3.04. The van der Waals surface area contributed by atoms with Crippen LogP contribution in [0.25, 0.3) is 0 Å². The summed E-state index contributed by atoms with van der Waals surface area (Å²) in [5.41, 5.74) is 1.50. The van der Waals surface area contributed by atoms with E-state index in [1.54, 1.807) is 29.2 Å². The molecule has 0 aliphatic heterocycles. The Labute approximate surface area is 150 Å². The minimum atomic E-state index is -0.379. The van der Waals surface area contributed by atoms with Crippen molar-refractivity contribution in [3.8, 4) is 0 Å². The first-order valence-corrected chi connectivity index (χ1v) is 8.05. The Hall–Kier alpha value is -3.29. The molecule has 3 aromatic rings. The molecule has 0 radical (unpaired) electrons. The molecule has 1 amide bonds. The summed E-state index contributed by atoms with van der Waals surface area (Å²) in [6.45, 7) is 0.395. The van der Waals surface area contributed by atoms with E-state index in [1.807, 2.05) is 31.1 Å². The van der Waals surface area contributed by atoms with Crippen LogP contribution in [0.1, 0.15) is 11.3 Å². The lowest BCUT2D eigenvalue weighted by atomic mass is 10.2. The van der Waals surface area contributed by atoms with Crippen LogP contribution in [-0.4, -0.2) is 39.8 Å². The minimum Gasteiger partial charge on any atom is -0.363 e. The van der Waals surface area contributed by atoms with Gasteiger partial charge in [0.2, 0.25) is 5.91 Å². The van der Waals surface area contributed by atoms with Gasteiger partial charge in [-0.05, 0) is 23.8 Å². The maximum atomic E-state index is 12.9. The van der Waals surface area contributed by atoms with Crippen molar-refractivity contribution in [2.24, 2.45) is 0 Å². The van der Waals surface area contributed by atoms with Crippen molar-refractivity contribution in [3.63, 3.8) is 0 Å². The Morgan fingerprint density at radius 1 is 1.15 bits per heavy atom. The fourth-order valence-corrected chi connectivity index (χ4v) is 2.34. The number of aromatic nitrogens is 4. The zero-order valence-electron chi connectivity index (χ0n) is 14.6. The van der Waals surface area contributed by atoms with Crippen LogP contribution < -0.4 is 10.2 Å². The monoisotopic (exact) mass is 354 g/mol. The first kappa shape index (κ1) is 17.5. The van der Waals surface area contributed by atoms with Crippen LogP contribution in [0.3, 0.4) is 0 Å². The molecule has 0 aliphatic carbocycles. The third-order valence-electron chi connectivity index (χ3n) is 3.65. The van der Waals surface area contributed by atoms with Gasteiger partial charge in [-0.2, -0.15) is 5.10 Å². The molecule has 1 N–H and O–H groups in total. The Balaban J connectivity index is 1.56. The fourth-order valence-electron chi connectivity index (χ4n) is 2.34. The highest BCUT2D eigenvalue weighted by Crippen LogP contribution is 2.10. The maximum absolute atomic E-state index is 12.9. The smallest absolute Gasteiger partial charge is 0.230 e. The third-order valence-corrected chi connectivity index (χ3v) is 3.65. The molecule has 0 saturated heterocycles. The minimum absolute atomic E-state index is 0.172. The summed E-state index contributed by atoms with van der Waals surface area (Å²) in [6, 6.07) is 8.40. The van der Waals surface area contributed by atoms with Crippen LogP contribution in [0, 0.1) is 5.82 Å². The molecule has 7 nitrogen and oxygen atoms in total. The number of anilines is 2. The van der Waals surface area contributed by atoms with E-state index >= 15 is 0 Å². The van der Waals surface area contributed by atoms with E-state index in [0.29, 0.717) is 18.1 Å². The van der Waals surface area contributed by atoms with Gasteiger partial charge >= 0.3 is 0 Å². The van der Waals surface area contributed by atoms with Crippen molar-refractivity contribution in [3.05, 3.63) is 66.0 Å². The van der Waals surface area contributed by atoms with Gasteiger partial charge in [-0.1, -0.05) is 6.07 Å². The van der Waals surface area contributed by atoms with E-state index in [9.17, 15) is 9.18 Å². The molecule has 0 fully saturated rings. The van der Waals surface area contributed by atoms with Crippen molar-refractivity contribution >= 4 is 17.5 Å². The van der Waals surface area contributed by atoms with E-state index in [1.165, 1.54) is 6.07 Å². The fraction of sp³-hybridized carbons (Fsp3) is 0.222. The number of carbonyl (C=O) groups excluding carboxylic acids is 1. The van der Waals surface area contributed by atoms with Crippen LogP contribution in [0.15, 0.2) is 48.9 Å². The van der Waals surface area contributed by atoms with Gasteiger partial charge in [0, 0.05) is 32.6 Å². The molecule has 134 valence electrons. The molecular formula is C18H19FN6O. The third kappa shape index (κ3) is 4.62. The largest absolute Gasteiger partial charge is 0.363 e. The second-order valence-corrected chi connectivity index (χ2v) is 6.01. The molecule has 0 bridgehead atoms. The molecule has 0 saturated carbocycles. The van der Waals surface area contributed by atoms with Gasteiger partial charge in [-0.15, -0.1) is 0 Å². The van der Waals surface area contributed by atoms with E-state index in [2.05, 4.69) is 20.4 Å². The number of amides is 1. The number of hydrogen-bond donors (Lipinski definition) is 1. The Morgan fingerprint density at radius 2 is 2.00 bits per heavy atom. The summed E-state index contributed by atoms with van der Waals surface area (Å²) in [5, 5.41) is 7.03. The van der Waals surface area contributed by atoms with Gasteiger partial charge in [0.1, 0.15) is 11.6 Å². The van der Waals surface area contributed by atoms with Gasteiger partial charge in [0.25, 0.3) is 0 Å². The summed E-state index contributed by atoms with van der Waals surface area (Å²) in [4.78, 5) is 22.3. The molecular weight excluding hydrogens is 335 g/mol. The van der Waals surface area contributed by atoms with Crippen molar-refractivity contribution in [1.82, 2.24) is 19.7 Å². The molecule has 0 aliphatic rings. The predicted molar refractivity (Wildman–Crippen MR) is 96.4 cm³/mol. The predicted octanol–water partition coefficient (Wildman–Crippen LogP) is 2.11. The van der Waals surface area contributed by atoms with E-state index in [0.717, 1.165) is 17.6 Å². The zero-order valence-corrected chi connectivity index (χ0v) is 14.6. The van der Waals surface area contributed by atoms with Crippen LogP contribution in [0.4, 0.5) is 16.0 Å². The molecule has 3 rings (SSSR count). The van der Waals surface area contributed by atoms with Gasteiger partial charge in [-0.25, -0.2) is 9.37 Å². The first-order valence-electron chi connectivity index (χ1n) is 8.05. The molecule has 0 aromatic carbocycles. The first-order chi connectivity index (χ1) is 12.5. The van der Waals surface area contributed by atoms with E-state index in [-0.39, 0.29) is 18.1 Å². The highest BCUT2D eigenvalue weighted by Gasteiger charge is 2.08. The topological polar surface area (TPSA) is 75.9 Å². The van der Waals surface area contributed by atoms with Crippen LogP contribution >= 0.6 is 0 Å². The Kier molecular flexibility index (Phi) is 5.21. The Morgan fingerprint density at radius 3 is 2.65 bits per heavy atom. The number of pyridine rings is 2. The van der Waals surface area contributed by atoms with Gasteiger partial charge < -0.3 is 10.2 Å². The lowest BCUT2D eigenvalue weighted by Crippen LogP contribution is -2.16. The number of nitrogens with one attached hydrogen (secondary N) is 1. The van der Waals surface area contributed by atoms with Crippen molar-refractivity contribution in [2.75, 3.05) is 24.3 Å². The Bertz CT molecular complexity index is 873. The molecule has 0 atom stereocenters. The lowest BCUT2D eigenvalue weighted by Gasteiger charge is -2.11. The molecule has 26 heavy (non-hydrogen) atoms. The van der Waals surface area contributed by atoms with Crippen LogP contribution in [0.2, 0.25) is 0 Å². The molecule has 3 aromatic heterocycles. The SMILES string of the molecule is CN(C)c1ccc(CC(=O)Nc2ccn(Cc3ccc(F)cn3)n2)cn1. The summed E-state index contributed by atoms with van der Waals surface area (Å²) >= 11 is 0. The summed E-state index contributed by atoms with van der Waals surface area (Å²) in [5.74, 6) is 0.738. The summed E-state index contributed by atoms with van der Waals surface area (Å²) in [6.07, 6.45) is 4.80. The average molecular weight is 354 g/mol. The maximum Gasteiger partial charge on any atom is 0.230 e. The number of nitrogens with zero attached hydrogens (tertiary/aromatic N) is 5. The number of halogens is 1. The second-order valence-electron chi connectivity index (χ2n) is 6.01. The second kappa shape index (κ2) is 7.73. The highest BCUT2D eigenvalue weighted by molar-refractivity contribution is 5.91. The van der Waals surface area contributed by atoms with Crippen LogP contribution in [0.5, 0.6) is 0 Å². The van der Waals surface area contributed by atoms with Crippen molar-refractivity contribution in [1.29, 1.82) is 0 Å².